The molecule has 3 rings (SSSR count). The van der Waals surface area contributed by atoms with Gasteiger partial charge in [-0.05, 0) is 49.1 Å². The van der Waals surface area contributed by atoms with E-state index in [0.29, 0.717) is 25.3 Å². The number of carbonyl (C=O) groups excluding carboxylic acids is 1. The predicted molar refractivity (Wildman–Crippen MR) is 131 cm³/mol. The molecule has 1 heterocycles. The quantitative estimate of drug-likeness (QED) is 0.471. The van der Waals surface area contributed by atoms with E-state index in [2.05, 4.69) is 5.32 Å². The van der Waals surface area contributed by atoms with Crippen LogP contribution in [-0.4, -0.2) is 78.8 Å². The highest BCUT2D eigenvalue weighted by atomic mass is 32.2. The number of nitrogens with one attached hydrogen (secondary N) is 1. The minimum Gasteiger partial charge on any atom is -0.493 e. The topological polar surface area (TPSA) is 122 Å². The van der Waals surface area contributed by atoms with Gasteiger partial charge in [-0.3, -0.25) is 4.79 Å². The van der Waals surface area contributed by atoms with Crippen LogP contribution in [0.25, 0.3) is 0 Å². The molecule has 1 aliphatic heterocycles. The molecule has 0 bridgehead atoms. The van der Waals surface area contributed by atoms with Gasteiger partial charge in [0.1, 0.15) is 0 Å². The fourth-order valence-corrected chi connectivity index (χ4v) is 6.41. The molecule has 1 amide bonds. The highest BCUT2D eigenvalue weighted by Crippen LogP contribution is 2.30. The molecule has 0 radical (unpaired) electrons. The van der Waals surface area contributed by atoms with Crippen LogP contribution in [0.5, 0.6) is 11.5 Å². The maximum Gasteiger partial charge on any atom is 0.243 e. The van der Waals surface area contributed by atoms with Gasteiger partial charge in [0, 0.05) is 32.7 Å². The SMILES string of the molecule is COc1ccc(S(=O)(=O)N(C)CC(=O)NCCc2ccc(S(=O)(=O)N3CCCC3)cc2)cc1OC. The van der Waals surface area contributed by atoms with Gasteiger partial charge in [-0.25, -0.2) is 16.8 Å². The number of ether oxygens (including phenoxy) is 2. The van der Waals surface area contributed by atoms with E-state index in [0.717, 1.165) is 22.7 Å². The summed E-state index contributed by atoms with van der Waals surface area (Å²) in [4.78, 5) is 12.6. The Morgan fingerprint density at radius 2 is 1.54 bits per heavy atom. The van der Waals surface area contributed by atoms with E-state index in [1.54, 1.807) is 24.3 Å². The Kier molecular flexibility index (Phi) is 8.75. The standard InChI is InChI=1S/C23H31N3O7S2/c1-25(34(28,29)20-10-11-21(32-2)22(16-20)33-3)17-23(27)24-13-12-18-6-8-19(9-7-18)35(30,31)26-14-4-5-15-26/h6-11,16H,4-5,12-15,17H2,1-3H3,(H,24,27). The highest BCUT2D eigenvalue weighted by molar-refractivity contribution is 7.89. The van der Waals surface area contributed by atoms with Crippen LogP contribution in [0.3, 0.4) is 0 Å². The Labute approximate surface area is 206 Å². The number of carbonyl (C=O) groups is 1. The van der Waals surface area contributed by atoms with Crippen molar-refractivity contribution in [2.24, 2.45) is 0 Å². The van der Waals surface area contributed by atoms with E-state index >= 15 is 0 Å². The zero-order valence-electron chi connectivity index (χ0n) is 20.1. The van der Waals surface area contributed by atoms with Gasteiger partial charge in [0.2, 0.25) is 26.0 Å². The second-order valence-corrected chi connectivity index (χ2v) is 12.1. The summed E-state index contributed by atoms with van der Waals surface area (Å²) in [6.45, 7) is 1.02. The number of methoxy groups -OCH3 is 2. The lowest BCUT2D eigenvalue weighted by atomic mass is 10.1. The fraction of sp³-hybridized carbons (Fsp3) is 0.435. The van der Waals surface area contributed by atoms with E-state index in [-0.39, 0.29) is 28.6 Å². The average molecular weight is 526 g/mol. The molecule has 12 heteroatoms. The number of nitrogens with zero attached hydrogens (tertiary/aromatic N) is 2. The second-order valence-electron chi connectivity index (χ2n) is 8.13. The van der Waals surface area contributed by atoms with Gasteiger partial charge >= 0.3 is 0 Å². The first-order chi connectivity index (χ1) is 16.6. The Morgan fingerprint density at radius 1 is 0.943 bits per heavy atom. The molecule has 1 saturated heterocycles. The normalized spacial score (nSPS) is 14.7. The van der Waals surface area contributed by atoms with Crippen molar-refractivity contribution in [2.45, 2.75) is 29.1 Å². The third kappa shape index (κ3) is 6.31. The molecule has 10 nitrogen and oxygen atoms in total. The third-order valence-electron chi connectivity index (χ3n) is 5.79. The molecular formula is C23H31N3O7S2. The van der Waals surface area contributed by atoms with Crippen LogP contribution in [-0.2, 0) is 31.3 Å². The van der Waals surface area contributed by atoms with Gasteiger partial charge in [0.15, 0.2) is 11.5 Å². The van der Waals surface area contributed by atoms with Crippen molar-refractivity contribution in [2.75, 3.05) is 47.4 Å². The maximum absolute atomic E-state index is 12.8. The van der Waals surface area contributed by atoms with Crippen LogP contribution in [0.4, 0.5) is 0 Å². The molecule has 0 atom stereocenters. The van der Waals surface area contributed by atoms with Crippen LogP contribution >= 0.6 is 0 Å². The smallest absolute Gasteiger partial charge is 0.243 e. The lowest BCUT2D eigenvalue weighted by Gasteiger charge is -2.18. The molecule has 1 aliphatic rings. The van der Waals surface area contributed by atoms with Crippen LogP contribution < -0.4 is 14.8 Å². The number of benzene rings is 2. The van der Waals surface area contributed by atoms with Gasteiger partial charge < -0.3 is 14.8 Å². The summed E-state index contributed by atoms with van der Waals surface area (Å²) in [6, 6.07) is 10.8. The van der Waals surface area contributed by atoms with Crippen molar-refractivity contribution >= 4 is 26.0 Å². The van der Waals surface area contributed by atoms with Crippen LogP contribution in [0, 0.1) is 0 Å². The number of rotatable bonds is 11. The molecule has 35 heavy (non-hydrogen) atoms. The summed E-state index contributed by atoms with van der Waals surface area (Å²) in [7, 11) is -3.20. The van der Waals surface area contributed by atoms with Crippen molar-refractivity contribution < 1.29 is 31.1 Å². The maximum atomic E-state index is 12.8. The minimum absolute atomic E-state index is 0.0191. The van der Waals surface area contributed by atoms with Crippen molar-refractivity contribution in [1.82, 2.24) is 13.9 Å². The largest absolute Gasteiger partial charge is 0.493 e. The van der Waals surface area contributed by atoms with Crippen molar-refractivity contribution in [3.05, 3.63) is 48.0 Å². The molecule has 0 aliphatic carbocycles. The third-order valence-corrected chi connectivity index (χ3v) is 9.50. The number of hydrogen-bond acceptors (Lipinski definition) is 7. The summed E-state index contributed by atoms with van der Waals surface area (Å²) in [5.41, 5.74) is 0.858. The summed E-state index contributed by atoms with van der Waals surface area (Å²) in [5.74, 6) is 0.212. The van der Waals surface area contributed by atoms with E-state index in [9.17, 15) is 21.6 Å². The van der Waals surface area contributed by atoms with Gasteiger partial charge in [-0.2, -0.15) is 8.61 Å². The average Bonchev–Trinajstić information content (AvgIpc) is 3.40. The Bertz CT molecular complexity index is 1240. The summed E-state index contributed by atoms with van der Waals surface area (Å²) >= 11 is 0. The Morgan fingerprint density at radius 3 is 2.14 bits per heavy atom. The van der Waals surface area contributed by atoms with Crippen LogP contribution in [0.1, 0.15) is 18.4 Å². The lowest BCUT2D eigenvalue weighted by molar-refractivity contribution is -0.121. The Hall–Kier alpha value is -2.67. The first kappa shape index (κ1) is 26.9. The minimum atomic E-state index is -3.92. The molecule has 192 valence electrons. The zero-order chi connectivity index (χ0) is 25.6. The molecular weight excluding hydrogens is 494 g/mol. The summed E-state index contributed by atoms with van der Waals surface area (Å²) < 4.78 is 63.6. The van der Waals surface area contributed by atoms with Crippen LogP contribution in [0.15, 0.2) is 52.3 Å². The molecule has 0 aromatic heterocycles. The van der Waals surface area contributed by atoms with E-state index < -0.39 is 26.0 Å². The van der Waals surface area contributed by atoms with Gasteiger partial charge in [-0.1, -0.05) is 12.1 Å². The van der Waals surface area contributed by atoms with E-state index in [1.807, 2.05) is 0 Å². The lowest BCUT2D eigenvalue weighted by Crippen LogP contribution is -2.39. The number of sulfonamides is 2. The number of hydrogen-bond donors (Lipinski definition) is 1. The van der Waals surface area contributed by atoms with E-state index in [4.69, 9.17) is 9.47 Å². The summed E-state index contributed by atoms with van der Waals surface area (Å²) in [5, 5.41) is 2.70. The van der Waals surface area contributed by atoms with Crippen molar-refractivity contribution in [3.63, 3.8) is 0 Å². The van der Waals surface area contributed by atoms with Gasteiger partial charge in [0.05, 0.1) is 30.6 Å². The second kappa shape index (κ2) is 11.4. The first-order valence-electron chi connectivity index (χ1n) is 11.1. The van der Waals surface area contributed by atoms with Crippen LogP contribution in [0.2, 0.25) is 0 Å². The first-order valence-corrected chi connectivity index (χ1v) is 14.0. The van der Waals surface area contributed by atoms with Gasteiger partial charge in [0.25, 0.3) is 0 Å². The molecule has 1 fully saturated rings. The van der Waals surface area contributed by atoms with Crippen molar-refractivity contribution in [3.8, 4) is 11.5 Å². The molecule has 2 aromatic rings. The fourth-order valence-electron chi connectivity index (χ4n) is 3.75. The number of amides is 1. The summed E-state index contributed by atoms with van der Waals surface area (Å²) in [6.07, 6.45) is 2.23. The molecule has 0 spiro atoms. The number of likely N-dealkylation sites (N-methyl/N-ethyl adjacent to an activating group) is 1. The molecule has 0 unspecified atom stereocenters. The van der Waals surface area contributed by atoms with E-state index in [1.165, 1.54) is 43.8 Å². The Balaban J connectivity index is 1.53. The van der Waals surface area contributed by atoms with Gasteiger partial charge in [-0.15, -0.1) is 0 Å². The zero-order valence-corrected chi connectivity index (χ0v) is 21.7. The predicted octanol–water partition coefficient (Wildman–Crippen LogP) is 1.47. The molecule has 0 saturated carbocycles. The highest BCUT2D eigenvalue weighted by Gasteiger charge is 2.27. The monoisotopic (exact) mass is 525 g/mol. The molecule has 1 N–H and O–H groups in total. The van der Waals surface area contributed by atoms with Crippen molar-refractivity contribution in [1.29, 1.82) is 0 Å². The molecule has 2 aromatic carbocycles.